The van der Waals surface area contributed by atoms with Crippen LogP contribution in [0.15, 0.2) is 48.5 Å². The molecule has 2 amide bonds. The van der Waals surface area contributed by atoms with Gasteiger partial charge < -0.3 is 10.2 Å². The first-order valence-corrected chi connectivity index (χ1v) is 12.3. The van der Waals surface area contributed by atoms with Crippen LogP contribution in [-0.2, 0) is 26.2 Å². The zero-order chi connectivity index (χ0) is 22.5. The molecule has 10 heteroatoms. The van der Waals surface area contributed by atoms with E-state index in [1.165, 1.54) is 11.9 Å². The van der Waals surface area contributed by atoms with E-state index in [1.807, 2.05) is 0 Å². The third kappa shape index (κ3) is 6.32. The first kappa shape index (κ1) is 24.4. The van der Waals surface area contributed by atoms with Gasteiger partial charge >= 0.3 is 0 Å². The van der Waals surface area contributed by atoms with Gasteiger partial charge in [0.2, 0.25) is 21.8 Å². The maximum atomic E-state index is 13.2. The molecule has 0 saturated heterocycles. The first-order chi connectivity index (χ1) is 14.0. The summed E-state index contributed by atoms with van der Waals surface area (Å²) in [5.41, 5.74) is 1.03. The number of likely N-dealkylation sites (N-methyl/N-ethyl adjacent to an activating group) is 1. The molecule has 1 N–H and O–H groups in total. The maximum absolute atomic E-state index is 13.2. The van der Waals surface area contributed by atoms with Crippen LogP contribution in [0, 0.1) is 3.57 Å². The van der Waals surface area contributed by atoms with E-state index in [-0.39, 0.29) is 12.5 Å². The Balaban J connectivity index is 2.38. The molecule has 162 valence electrons. The summed E-state index contributed by atoms with van der Waals surface area (Å²) in [6.45, 7) is 1.21. The third-order valence-electron chi connectivity index (χ3n) is 4.51. The lowest BCUT2D eigenvalue weighted by Gasteiger charge is -2.31. The Hall–Kier alpha value is -1.85. The van der Waals surface area contributed by atoms with Crippen LogP contribution in [0.2, 0.25) is 5.02 Å². The molecule has 0 heterocycles. The van der Waals surface area contributed by atoms with Gasteiger partial charge in [0.05, 0.1) is 11.9 Å². The van der Waals surface area contributed by atoms with Crippen molar-refractivity contribution in [3.63, 3.8) is 0 Å². The molecule has 0 spiro atoms. The van der Waals surface area contributed by atoms with Gasteiger partial charge in [-0.05, 0) is 65.4 Å². The molecule has 0 aromatic heterocycles. The second-order valence-electron chi connectivity index (χ2n) is 6.65. The number of sulfonamides is 1. The first-order valence-electron chi connectivity index (χ1n) is 9.02. The second kappa shape index (κ2) is 10.5. The summed E-state index contributed by atoms with van der Waals surface area (Å²) >= 11 is 8.35. The van der Waals surface area contributed by atoms with Crippen molar-refractivity contribution in [1.29, 1.82) is 0 Å². The average molecular weight is 564 g/mol. The van der Waals surface area contributed by atoms with Crippen molar-refractivity contribution < 1.29 is 18.0 Å². The van der Waals surface area contributed by atoms with E-state index in [0.29, 0.717) is 16.3 Å². The molecular formula is C20H23ClIN3O4S. The predicted molar refractivity (Wildman–Crippen MR) is 127 cm³/mol. The van der Waals surface area contributed by atoms with E-state index in [0.717, 1.165) is 14.1 Å². The van der Waals surface area contributed by atoms with Gasteiger partial charge in [0.25, 0.3) is 0 Å². The number of nitrogens with one attached hydrogen (secondary N) is 1. The maximum Gasteiger partial charge on any atom is 0.244 e. The summed E-state index contributed by atoms with van der Waals surface area (Å²) in [5, 5.41) is 2.98. The van der Waals surface area contributed by atoms with Gasteiger partial charge in [-0.15, -0.1) is 0 Å². The van der Waals surface area contributed by atoms with Crippen LogP contribution in [-0.4, -0.2) is 51.0 Å². The lowest BCUT2D eigenvalue weighted by atomic mass is 10.1. The Morgan fingerprint density at radius 2 is 1.73 bits per heavy atom. The van der Waals surface area contributed by atoms with Gasteiger partial charge in [0.15, 0.2) is 0 Å². The number of carbonyl (C=O) groups is 2. The molecule has 0 bridgehead atoms. The van der Waals surface area contributed by atoms with Crippen molar-refractivity contribution in [2.45, 2.75) is 19.5 Å². The summed E-state index contributed by atoms with van der Waals surface area (Å²) in [7, 11) is -2.26. The number of benzene rings is 2. The van der Waals surface area contributed by atoms with Crippen molar-refractivity contribution in [3.05, 3.63) is 62.7 Å². The number of amides is 2. The van der Waals surface area contributed by atoms with Gasteiger partial charge in [0.1, 0.15) is 12.6 Å². The number of halogens is 2. The molecule has 2 aromatic rings. The van der Waals surface area contributed by atoms with Crippen LogP contribution >= 0.6 is 34.2 Å². The van der Waals surface area contributed by atoms with Crippen LogP contribution in [0.3, 0.4) is 0 Å². The number of hydrogen-bond donors (Lipinski definition) is 1. The van der Waals surface area contributed by atoms with E-state index in [9.17, 15) is 18.0 Å². The monoisotopic (exact) mass is 563 g/mol. The average Bonchev–Trinajstić information content (AvgIpc) is 2.70. The molecule has 0 unspecified atom stereocenters. The highest BCUT2D eigenvalue weighted by atomic mass is 127. The summed E-state index contributed by atoms with van der Waals surface area (Å²) in [4.78, 5) is 26.8. The molecule has 1 atom stereocenters. The quantitative estimate of drug-likeness (QED) is 0.501. The molecule has 0 aliphatic carbocycles. The topological polar surface area (TPSA) is 86.8 Å². The fraction of sp³-hybridized carbons (Fsp3) is 0.300. The summed E-state index contributed by atoms with van der Waals surface area (Å²) in [6.07, 6.45) is 1.04. The van der Waals surface area contributed by atoms with Crippen molar-refractivity contribution in [2.24, 2.45) is 0 Å². The third-order valence-corrected chi connectivity index (χ3v) is 6.73. The fourth-order valence-corrected chi connectivity index (χ4v) is 4.23. The van der Waals surface area contributed by atoms with E-state index >= 15 is 0 Å². The molecule has 0 radical (unpaired) electrons. The van der Waals surface area contributed by atoms with Crippen LogP contribution in [0.4, 0.5) is 5.69 Å². The van der Waals surface area contributed by atoms with Crippen LogP contribution in [0.5, 0.6) is 0 Å². The minimum Gasteiger partial charge on any atom is -0.357 e. The molecule has 0 aliphatic rings. The SMILES string of the molecule is CNC(=O)[C@@H](C)N(Cc1ccccc1Cl)C(=O)CN(c1ccc(I)cc1)S(C)(=O)=O. The van der Waals surface area contributed by atoms with Crippen molar-refractivity contribution in [1.82, 2.24) is 10.2 Å². The fourth-order valence-electron chi connectivity index (χ4n) is 2.82. The standard InChI is InChI=1S/C20H23ClIN3O4S/c1-14(20(27)23-2)24(12-15-6-4-5-7-18(15)21)19(26)13-25(30(3,28)29)17-10-8-16(22)9-11-17/h4-11,14H,12-13H2,1-3H3,(H,23,27)/t14-/m1/s1. The molecular weight excluding hydrogens is 541 g/mol. The molecule has 30 heavy (non-hydrogen) atoms. The molecule has 0 aliphatic heterocycles. The van der Waals surface area contributed by atoms with E-state index in [4.69, 9.17) is 11.6 Å². The highest BCUT2D eigenvalue weighted by Crippen LogP contribution is 2.22. The van der Waals surface area contributed by atoms with E-state index < -0.39 is 28.5 Å². The highest BCUT2D eigenvalue weighted by molar-refractivity contribution is 14.1. The van der Waals surface area contributed by atoms with Crippen molar-refractivity contribution in [3.8, 4) is 0 Å². The van der Waals surface area contributed by atoms with Crippen molar-refractivity contribution in [2.75, 3.05) is 24.2 Å². The Bertz CT molecular complexity index is 1010. The number of nitrogens with zero attached hydrogens (tertiary/aromatic N) is 2. The molecule has 0 saturated carbocycles. The molecule has 2 rings (SSSR count). The normalized spacial score (nSPS) is 12.2. The number of anilines is 1. The smallest absolute Gasteiger partial charge is 0.244 e. The number of hydrogen-bond acceptors (Lipinski definition) is 4. The van der Waals surface area contributed by atoms with Crippen LogP contribution in [0.1, 0.15) is 12.5 Å². The van der Waals surface area contributed by atoms with Crippen molar-refractivity contribution >= 4 is 61.7 Å². The minimum atomic E-state index is -3.74. The molecule has 0 fully saturated rings. The van der Waals surface area contributed by atoms with E-state index in [1.54, 1.807) is 55.5 Å². The number of rotatable bonds is 8. The number of carbonyl (C=O) groups excluding carboxylic acids is 2. The summed E-state index contributed by atoms with van der Waals surface area (Å²) < 4.78 is 26.8. The second-order valence-corrected chi connectivity index (χ2v) is 10.2. The van der Waals surface area contributed by atoms with Gasteiger partial charge in [0, 0.05) is 22.2 Å². The lowest BCUT2D eigenvalue weighted by Crippen LogP contribution is -2.50. The predicted octanol–water partition coefficient (Wildman–Crippen LogP) is 2.87. The summed E-state index contributed by atoms with van der Waals surface area (Å²) in [5.74, 6) is -0.884. The van der Waals surface area contributed by atoms with Crippen LogP contribution in [0.25, 0.3) is 0 Å². The zero-order valence-corrected chi connectivity index (χ0v) is 20.5. The zero-order valence-electron chi connectivity index (χ0n) is 16.8. The van der Waals surface area contributed by atoms with Gasteiger partial charge in [-0.2, -0.15) is 0 Å². The van der Waals surface area contributed by atoms with E-state index in [2.05, 4.69) is 27.9 Å². The Kier molecular flexibility index (Phi) is 8.51. The van der Waals surface area contributed by atoms with Crippen LogP contribution < -0.4 is 9.62 Å². The molecule has 7 nitrogen and oxygen atoms in total. The summed E-state index contributed by atoms with van der Waals surface area (Å²) in [6, 6.07) is 13.0. The van der Waals surface area contributed by atoms with Gasteiger partial charge in [-0.25, -0.2) is 8.42 Å². The van der Waals surface area contributed by atoms with Gasteiger partial charge in [-0.3, -0.25) is 13.9 Å². The Labute approximate surface area is 195 Å². The Morgan fingerprint density at radius 3 is 2.27 bits per heavy atom. The highest BCUT2D eigenvalue weighted by Gasteiger charge is 2.30. The lowest BCUT2D eigenvalue weighted by molar-refractivity contribution is -0.139. The largest absolute Gasteiger partial charge is 0.357 e. The Morgan fingerprint density at radius 1 is 1.13 bits per heavy atom. The molecule has 2 aromatic carbocycles. The van der Waals surface area contributed by atoms with Gasteiger partial charge in [-0.1, -0.05) is 29.8 Å². The minimum absolute atomic E-state index is 0.0668.